The second kappa shape index (κ2) is 10.5. The van der Waals surface area contributed by atoms with E-state index >= 15 is 0 Å². The molecular formula is C19H23IN6O. The van der Waals surface area contributed by atoms with Crippen molar-refractivity contribution in [2.24, 2.45) is 10.7 Å². The number of rotatable bonds is 7. The van der Waals surface area contributed by atoms with Crippen LogP contribution in [0.25, 0.3) is 5.69 Å². The number of benzene rings is 2. The van der Waals surface area contributed by atoms with Crippen LogP contribution in [0.15, 0.2) is 65.8 Å². The molecule has 3 N–H and O–H groups in total. The average molecular weight is 478 g/mol. The standard InChI is InChI=1S/C19H22N6O.HI/c1-26-18-9-7-17(8-10-18)25-14-16(23-24-25)13-22-19(20)21-12-11-15-5-3-2-4-6-15;/h2-10,14H,11-13H2,1H3,(H3,20,21,22);1H. The molecule has 0 atom stereocenters. The summed E-state index contributed by atoms with van der Waals surface area (Å²) in [6.07, 6.45) is 2.73. The van der Waals surface area contributed by atoms with Crippen molar-refractivity contribution in [2.75, 3.05) is 13.7 Å². The van der Waals surface area contributed by atoms with Crippen molar-refractivity contribution in [1.82, 2.24) is 20.3 Å². The highest BCUT2D eigenvalue weighted by Crippen LogP contribution is 2.14. The maximum atomic E-state index is 5.91. The van der Waals surface area contributed by atoms with Crippen LogP contribution in [-0.2, 0) is 13.0 Å². The number of guanidine groups is 1. The van der Waals surface area contributed by atoms with Gasteiger partial charge in [0.25, 0.3) is 0 Å². The van der Waals surface area contributed by atoms with Crippen LogP contribution in [0, 0.1) is 0 Å². The van der Waals surface area contributed by atoms with Gasteiger partial charge in [-0.15, -0.1) is 29.1 Å². The molecule has 1 aromatic heterocycles. The molecule has 0 aliphatic carbocycles. The summed E-state index contributed by atoms with van der Waals surface area (Å²) in [6.45, 7) is 1.11. The van der Waals surface area contributed by atoms with E-state index < -0.39 is 0 Å². The van der Waals surface area contributed by atoms with Gasteiger partial charge in [-0.3, -0.25) is 0 Å². The highest BCUT2D eigenvalue weighted by molar-refractivity contribution is 14.0. The fourth-order valence-electron chi connectivity index (χ4n) is 2.43. The zero-order chi connectivity index (χ0) is 18.2. The molecule has 1 heterocycles. The van der Waals surface area contributed by atoms with Gasteiger partial charge in [0.1, 0.15) is 11.4 Å². The van der Waals surface area contributed by atoms with E-state index in [1.54, 1.807) is 11.8 Å². The van der Waals surface area contributed by atoms with Crippen molar-refractivity contribution in [3.05, 3.63) is 72.1 Å². The van der Waals surface area contributed by atoms with Crippen LogP contribution < -0.4 is 15.8 Å². The SMILES string of the molecule is COc1ccc(-n2cc(CN=C(N)NCCc3ccccc3)nn2)cc1.I. The maximum absolute atomic E-state index is 5.91. The van der Waals surface area contributed by atoms with Gasteiger partial charge in [0, 0.05) is 6.54 Å². The average Bonchev–Trinajstić information content (AvgIpc) is 3.16. The highest BCUT2D eigenvalue weighted by atomic mass is 127. The van der Waals surface area contributed by atoms with E-state index in [4.69, 9.17) is 10.5 Å². The van der Waals surface area contributed by atoms with E-state index in [9.17, 15) is 0 Å². The number of nitrogens with one attached hydrogen (secondary N) is 1. The Morgan fingerprint density at radius 2 is 1.89 bits per heavy atom. The molecule has 0 fully saturated rings. The van der Waals surface area contributed by atoms with Crippen molar-refractivity contribution in [3.63, 3.8) is 0 Å². The molecule has 0 aliphatic heterocycles. The second-order valence-corrected chi connectivity index (χ2v) is 5.72. The predicted octanol–water partition coefficient (Wildman–Crippen LogP) is 2.54. The molecule has 0 aliphatic rings. The van der Waals surface area contributed by atoms with Gasteiger partial charge in [0.2, 0.25) is 0 Å². The summed E-state index contributed by atoms with van der Waals surface area (Å²) in [4.78, 5) is 4.31. The third-order valence-electron chi connectivity index (χ3n) is 3.85. The third-order valence-corrected chi connectivity index (χ3v) is 3.85. The van der Waals surface area contributed by atoms with E-state index in [2.05, 4.69) is 32.8 Å². The predicted molar refractivity (Wildman–Crippen MR) is 117 cm³/mol. The molecule has 0 amide bonds. The second-order valence-electron chi connectivity index (χ2n) is 5.72. The molecule has 0 spiro atoms. The number of aromatic nitrogens is 3. The topological polar surface area (TPSA) is 90.3 Å². The first-order chi connectivity index (χ1) is 12.7. The summed E-state index contributed by atoms with van der Waals surface area (Å²) in [5.74, 6) is 1.20. The first kappa shape index (κ1) is 20.7. The number of nitrogens with zero attached hydrogens (tertiary/aromatic N) is 4. The molecule has 0 radical (unpaired) electrons. The fraction of sp³-hybridized carbons (Fsp3) is 0.211. The van der Waals surface area contributed by atoms with E-state index in [-0.39, 0.29) is 24.0 Å². The van der Waals surface area contributed by atoms with Gasteiger partial charge in [-0.25, -0.2) is 9.67 Å². The molecule has 2 aromatic carbocycles. The summed E-state index contributed by atoms with van der Waals surface area (Å²) < 4.78 is 6.85. The van der Waals surface area contributed by atoms with Gasteiger partial charge in [-0.1, -0.05) is 35.5 Å². The molecule has 0 unspecified atom stereocenters. The fourth-order valence-corrected chi connectivity index (χ4v) is 2.43. The number of methoxy groups -OCH3 is 1. The molecule has 3 rings (SSSR count). The summed E-state index contributed by atoms with van der Waals surface area (Å²) in [6, 6.07) is 17.8. The van der Waals surface area contributed by atoms with Crippen molar-refractivity contribution in [1.29, 1.82) is 0 Å². The first-order valence-corrected chi connectivity index (χ1v) is 8.38. The number of halogens is 1. The molecule has 0 saturated heterocycles. The summed E-state index contributed by atoms with van der Waals surface area (Å²) in [7, 11) is 1.64. The molecule has 8 heteroatoms. The number of hydrogen-bond donors (Lipinski definition) is 2. The lowest BCUT2D eigenvalue weighted by molar-refractivity contribution is 0.414. The Morgan fingerprint density at radius 1 is 1.15 bits per heavy atom. The van der Waals surface area contributed by atoms with Gasteiger partial charge in [-0.05, 0) is 36.2 Å². The molecule has 3 aromatic rings. The van der Waals surface area contributed by atoms with E-state index in [0.717, 1.165) is 30.1 Å². The van der Waals surface area contributed by atoms with Gasteiger partial charge in [-0.2, -0.15) is 0 Å². The van der Waals surface area contributed by atoms with Crippen LogP contribution in [0.4, 0.5) is 0 Å². The van der Waals surface area contributed by atoms with Gasteiger partial charge >= 0.3 is 0 Å². The normalized spacial score (nSPS) is 10.9. The first-order valence-electron chi connectivity index (χ1n) is 8.38. The van der Waals surface area contributed by atoms with Gasteiger partial charge in [0.05, 0.1) is 25.5 Å². The zero-order valence-electron chi connectivity index (χ0n) is 15.1. The minimum atomic E-state index is 0. The van der Waals surface area contributed by atoms with Crippen molar-refractivity contribution in [3.8, 4) is 11.4 Å². The Bertz CT molecular complexity index is 848. The molecule has 0 bridgehead atoms. The summed E-state index contributed by atoms with van der Waals surface area (Å²) in [5.41, 5.74) is 8.81. The maximum Gasteiger partial charge on any atom is 0.188 e. The monoisotopic (exact) mass is 478 g/mol. The van der Waals surface area contributed by atoms with Crippen LogP contribution in [0.2, 0.25) is 0 Å². The van der Waals surface area contributed by atoms with Crippen molar-refractivity contribution in [2.45, 2.75) is 13.0 Å². The summed E-state index contributed by atoms with van der Waals surface area (Å²) >= 11 is 0. The summed E-state index contributed by atoms with van der Waals surface area (Å²) in [5, 5.41) is 11.4. The van der Waals surface area contributed by atoms with Crippen molar-refractivity contribution < 1.29 is 4.74 Å². The zero-order valence-corrected chi connectivity index (χ0v) is 17.4. The van der Waals surface area contributed by atoms with Crippen molar-refractivity contribution >= 4 is 29.9 Å². The highest BCUT2D eigenvalue weighted by Gasteiger charge is 2.03. The van der Waals surface area contributed by atoms with E-state index in [0.29, 0.717) is 12.5 Å². The Morgan fingerprint density at radius 3 is 2.59 bits per heavy atom. The number of hydrogen-bond acceptors (Lipinski definition) is 4. The molecule has 7 nitrogen and oxygen atoms in total. The minimum Gasteiger partial charge on any atom is -0.497 e. The largest absolute Gasteiger partial charge is 0.497 e. The molecular weight excluding hydrogens is 455 g/mol. The van der Waals surface area contributed by atoms with Crippen LogP contribution >= 0.6 is 24.0 Å². The Balaban J connectivity index is 0.00000261. The van der Waals surface area contributed by atoms with Crippen LogP contribution in [0.1, 0.15) is 11.3 Å². The van der Waals surface area contributed by atoms with Gasteiger partial charge in [0.15, 0.2) is 5.96 Å². The van der Waals surface area contributed by atoms with Gasteiger partial charge < -0.3 is 15.8 Å². The number of nitrogens with two attached hydrogens (primary N) is 1. The molecule has 142 valence electrons. The van der Waals surface area contributed by atoms with Crippen LogP contribution in [-0.4, -0.2) is 34.6 Å². The number of aliphatic imine (C=N–C) groups is 1. The molecule has 27 heavy (non-hydrogen) atoms. The Kier molecular flexibility index (Phi) is 8.05. The van der Waals surface area contributed by atoms with Crippen LogP contribution in [0.5, 0.6) is 5.75 Å². The van der Waals surface area contributed by atoms with E-state index in [1.807, 2.05) is 48.7 Å². The Hall–Kier alpha value is -2.62. The smallest absolute Gasteiger partial charge is 0.188 e. The lowest BCUT2D eigenvalue weighted by Crippen LogP contribution is -2.33. The third kappa shape index (κ3) is 6.24. The van der Waals surface area contributed by atoms with Crippen LogP contribution in [0.3, 0.4) is 0 Å². The Labute approximate surface area is 175 Å². The minimum absolute atomic E-state index is 0. The molecule has 0 saturated carbocycles. The number of ether oxygens (including phenoxy) is 1. The lowest BCUT2D eigenvalue weighted by Gasteiger charge is -2.05. The quantitative estimate of drug-likeness (QED) is 0.310. The van der Waals surface area contributed by atoms with E-state index in [1.165, 1.54) is 5.56 Å². The lowest BCUT2D eigenvalue weighted by atomic mass is 10.1.